The summed E-state index contributed by atoms with van der Waals surface area (Å²) < 4.78 is 0. The second kappa shape index (κ2) is 6.77. The molecule has 17 heavy (non-hydrogen) atoms. The highest BCUT2D eigenvalue weighted by Gasteiger charge is 2.14. The van der Waals surface area contributed by atoms with Crippen LogP contribution in [-0.2, 0) is 0 Å². The maximum absolute atomic E-state index is 3.44. The second-order valence-corrected chi connectivity index (χ2v) is 4.69. The van der Waals surface area contributed by atoms with Crippen molar-refractivity contribution in [1.82, 2.24) is 10.2 Å². The van der Waals surface area contributed by atoms with Crippen LogP contribution in [0.25, 0.3) is 0 Å². The van der Waals surface area contributed by atoms with E-state index in [4.69, 9.17) is 0 Å². The van der Waals surface area contributed by atoms with Crippen LogP contribution in [0.1, 0.15) is 36.6 Å². The molecule has 2 nitrogen and oxygen atoms in total. The molecule has 1 aromatic rings. The lowest BCUT2D eigenvalue weighted by Gasteiger charge is -2.26. The molecular weight excluding hydrogens is 208 g/mol. The van der Waals surface area contributed by atoms with Gasteiger partial charge in [0.1, 0.15) is 0 Å². The summed E-state index contributed by atoms with van der Waals surface area (Å²) in [5.74, 6) is 0. The average molecular weight is 234 g/mol. The Balaban J connectivity index is 2.89. The van der Waals surface area contributed by atoms with Crippen LogP contribution in [0, 0.1) is 13.8 Å². The third-order valence-electron chi connectivity index (χ3n) is 3.49. The van der Waals surface area contributed by atoms with Crippen molar-refractivity contribution in [2.75, 3.05) is 26.7 Å². The van der Waals surface area contributed by atoms with E-state index < -0.39 is 0 Å². The van der Waals surface area contributed by atoms with E-state index in [-0.39, 0.29) is 0 Å². The smallest absolute Gasteiger partial charge is 0.0449 e. The molecule has 0 saturated carbocycles. The quantitative estimate of drug-likeness (QED) is 0.814. The molecule has 0 heterocycles. The molecule has 2 heteroatoms. The molecule has 0 aliphatic carbocycles. The lowest BCUT2D eigenvalue weighted by atomic mass is 9.98. The fourth-order valence-electron chi connectivity index (χ4n) is 2.22. The number of likely N-dealkylation sites (N-methyl/N-ethyl adjacent to an activating group) is 2. The molecule has 1 aromatic carbocycles. The zero-order valence-corrected chi connectivity index (χ0v) is 11.9. The van der Waals surface area contributed by atoms with Gasteiger partial charge in [-0.2, -0.15) is 0 Å². The Morgan fingerprint density at radius 2 is 1.82 bits per heavy atom. The summed E-state index contributed by atoms with van der Waals surface area (Å²) >= 11 is 0. The van der Waals surface area contributed by atoms with Gasteiger partial charge in [0.2, 0.25) is 0 Å². The van der Waals surface area contributed by atoms with E-state index >= 15 is 0 Å². The van der Waals surface area contributed by atoms with E-state index in [9.17, 15) is 0 Å². The van der Waals surface area contributed by atoms with E-state index in [0.29, 0.717) is 6.04 Å². The molecule has 0 saturated heterocycles. The maximum Gasteiger partial charge on any atom is 0.0449 e. The van der Waals surface area contributed by atoms with Gasteiger partial charge in [-0.1, -0.05) is 37.6 Å². The van der Waals surface area contributed by atoms with E-state index in [1.807, 2.05) is 0 Å². The summed E-state index contributed by atoms with van der Waals surface area (Å²) in [5, 5.41) is 3.44. The van der Waals surface area contributed by atoms with Gasteiger partial charge in [0.15, 0.2) is 0 Å². The Morgan fingerprint density at radius 1 is 1.18 bits per heavy atom. The largest absolute Gasteiger partial charge is 0.312 e. The third kappa shape index (κ3) is 3.83. The van der Waals surface area contributed by atoms with E-state index in [0.717, 1.165) is 19.6 Å². The van der Waals surface area contributed by atoms with Gasteiger partial charge in [-0.15, -0.1) is 0 Å². The van der Waals surface area contributed by atoms with Gasteiger partial charge in [-0.25, -0.2) is 0 Å². The van der Waals surface area contributed by atoms with Gasteiger partial charge in [0.25, 0.3) is 0 Å². The zero-order chi connectivity index (χ0) is 12.8. The first-order valence-electron chi connectivity index (χ1n) is 6.59. The first kappa shape index (κ1) is 14.2. The SMILES string of the molecule is CCN(CC)CC(NC)c1cc(C)ccc1C. The molecule has 0 aliphatic heterocycles. The van der Waals surface area contributed by atoms with Crippen molar-refractivity contribution in [3.8, 4) is 0 Å². The van der Waals surface area contributed by atoms with Crippen molar-refractivity contribution < 1.29 is 0 Å². The predicted molar refractivity (Wildman–Crippen MR) is 75.5 cm³/mol. The van der Waals surface area contributed by atoms with E-state index in [2.05, 4.69) is 63.2 Å². The molecule has 0 amide bonds. The highest BCUT2D eigenvalue weighted by atomic mass is 15.1. The Morgan fingerprint density at radius 3 is 2.35 bits per heavy atom. The normalized spacial score (nSPS) is 13.1. The van der Waals surface area contributed by atoms with Gasteiger partial charge in [-0.05, 0) is 45.1 Å². The fourth-order valence-corrected chi connectivity index (χ4v) is 2.22. The predicted octanol–water partition coefficient (Wildman–Crippen LogP) is 2.91. The Bertz CT molecular complexity index is 343. The van der Waals surface area contributed by atoms with Crippen LogP contribution in [-0.4, -0.2) is 31.6 Å². The van der Waals surface area contributed by atoms with Crippen LogP contribution in [0.2, 0.25) is 0 Å². The standard InChI is InChI=1S/C15H26N2/c1-6-17(7-2)11-15(16-5)14-10-12(3)8-9-13(14)4/h8-10,15-16H,6-7,11H2,1-5H3. The molecule has 1 rings (SSSR count). The van der Waals surface area contributed by atoms with Gasteiger partial charge >= 0.3 is 0 Å². The van der Waals surface area contributed by atoms with Crippen LogP contribution in [0.3, 0.4) is 0 Å². The topological polar surface area (TPSA) is 15.3 Å². The van der Waals surface area contributed by atoms with Crippen molar-refractivity contribution in [3.63, 3.8) is 0 Å². The summed E-state index contributed by atoms with van der Waals surface area (Å²) in [5.41, 5.74) is 4.15. The van der Waals surface area contributed by atoms with Crippen LogP contribution >= 0.6 is 0 Å². The maximum atomic E-state index is 3.44. The van der Waals surface area contributed by atoms with Gasteiger partial charge in [0, 0.05) is 12.6 Å². The molecule has 0 bridgehead atoms. The molecule has 0 fully saturated rings. The molecule has 1 atom stereocenters. The summed E-state index contributed by atoms with van der Waals surface area (Å²) in [7, 11) is 2.05. The number of nitrogens with zero attached hydrogens (tertiary/aromatic N) is 1. The number of hydrogen-bond donors (Lipinski definition) is 1. The zero-order valence-electron chi connectivity index (χ0n) is 11.9. The Hall–Kier alpha value is -0.860. The van der Waals surface area contributed by atoms with Crippen molar-refractivity contribution in [3.05, 3.63) is 34.9 Å². The van der Waals surface area contributed by atoms with Crippen molar-refractivity contribution in [2.45, 2.75) is 33.7 Å². The lowest BCUT2D eigenvalue weighted by molar-refractivity contribution is 0.270. The van der Waals surface area contributed by atoms with Crippen molar-refractivity contribution in [1.29, 1.82) is 0 Å². The third-order valence-corrected chi connectivity index (χ3v) is 3.49. The summed E-state index contributed by atoms with van der Waals surface area (Å²) in [6, 6.07) is 7.13. The average Bonchev–Trinajstić information content (AvgIpc) is 2.34. The van der Waals surface area contributed by atoms with Gasteiger partial charge in [0.05, 0.1) is 0 Å². The minimum absolute atomic E-state index is 0.426. The molecule has 1 unspecified atom stereocenters. The van der Waals surface area contributed by atoms with Crippen molar-refractivity contribution >= 4 is 0 Å². The molecule has 0 radical (unpaired) electrons. The van der Waals surface area contributed by atoms with Crippen LogP contribution in [0.15, 0.2) is 18.2 Å². The van der Waals surface area contributed by atoms with Crippen LogP contribution in [0.4, 0.5) is 0 Å². The first-order valence-corrected chi connectivity index (χ1v) is 6.59. The fraction of sp³-hybridized carbons (Fsp3) is 0.600. The summed E-state index contributed by atoms with van der Waals surface area (Å²) in [6.45, 7) is 12.1. The second-order valence-electron chi connectivity index (χ2n) is 4.69. The van der Waals surface area contributed by atoms with Crippen molar-refractivity contribution in [2.24, 2.45) is 0 Å². The molecule has 0 aliphatic rings. The lowest BCUT2D eigenvalue weighted by Crippen LogP contribution is -2.34. The van der Waals surface area contributed by atoms with Crippen LogP contribution in [0.5, 0.6) is 0 Å². The summed E-state index contributed by atoms with van der Waals surface area (Å²) in [6.07, 6.45) is 0. The number of nitrogens with one attached hydrogen (secondary N) is 1. The monoisotopic (exact) mass is 234 g/mol. The number of benzene rings is 1. The van der Waals surface area contributed by atoms with E-state index in [1.165, 1.54) is 16.7 Å². The number of aryl methyl sites for hydroxylation is 2. The summed E-state index contributed by atoms with van der Waals surface area (Å²) in [4.78, 5) is 2.46. The molecule has 96 valence electrons. The van der Waals surface area contributed by atoms with Gasteiger partial charge in [-0.3, -0.25) is 0 Å². The Kier molecular flexibility index (Phi) is 5.66. The molecule has 0 aromatic heterocycles. The Labute approximate surface area is 106 Å². The highest BCUT2D eigenvalue weighted by molar-refractivity contribution is 5.33. The van der Waals surface area contributed by atoms with E-state index in [1.54, 1.807) is 0 Å². The molecule has 0 spiro atoms. The van der Waals surface area contributed by atoms with Gasteiger partial charge < -0.3 is 10.2 Å². The molecular formula is C15H26N2. The highest BCUT2D eigenvalue weighted by Crippen LogP contribution is 2.20. The van der Waals surface area contributed by atoms with Crippen LogP contribution < -0.4 is 5.32 Å². The first-order chi connectivity index (χ1) is 8.12. The molecule has 1 N–H and O–H groups in total. The minimum Gasteiger partial charge on any atom is -0.312 e. The minimum atomic E-state index is 0.426. The number of rotatable bonds is 6. The number of hydrogen-bond acceptors (Lipinski definition) is 2.